The number of rotatable bonds is 12. The lowest BCUT2D eigenvalue weighted by molar-refractivity contribution is -0.121. The number of unbranched alkanes of at least 4 members (excludes halogenated alkanes) is 4. The fraction of sp³-hybridized carbons (Fsp3) is 0.435. The molecule has 0 saturated heterocycles. The summed E-state index contributed by atoms with van der Waals surface area (Å²) in [6, 6.07) is 20.6. The number of methoxy groups -OCH3 is 1. The van der Waals surface area contributed by atoms with Gasteiger partial charge in [0.25, 0.3) is 0 Å². The fourth-order valence-corrected chi connectivity index (χ4v) is 3.19. The molecule has 0 aliphatic heterocycles. The zero-order valence-electron chi connectivity index (χ0n) is 15.8. The lowest BCUT2D eigenvalue weighted by Gasteiger charge is -2.18. The Bertz CT molecular complexity index is 573. The summed E-state index contributed by atoms with van der Waals surface area (Å²) < 4.78 is 5.05. The Morgan fingerprint density at radius 2 is 1.38 bits per heavy atom. The van der Waals surface area contributed by atoms with Crippen molar-refractivity contribution in [1.82, 2.24) is 5.32 Å². The van der Waals surface area contributed by atoms with Gasteiger partial charge in [-0.05, 0) is 24.0 Å². The number of hydrogen-bond acceptors (Lipinski definition) is 2. The maximum atomic E-state index is 12.4. The fourth-order valence-electron chi connectivity index (χ4n) is 3.19. The zero-order valence-corrected chi connectivity index (χ0v) is 15.8. The monoisotopic (exact) mass is 353 g/mol. The van der Waals surface area contributed by atoms with E-state index < -0.39 is 0 Å². The van der Waals surface area contributed by atoms with Crippen molar-refractivity contribution in [1.29, 1.82) is 0 Å². The van der Waals surface area contributed by atoms with Gasteiger partial charge in [-0.3, -0.25) is 4.79 Å². The maximum absolute atomic E-state index is 12.4. The molecule has 0 aliphatic carbocycles. The Morgan fingerprint density at radius 3 is 1.96 bits per heavy atom. The number of carbonyl (C=O) groups is 1. The number of benzene rings is 2. The predicted molar refractivity (Wildman–Crippen MR) is 107 cm³/mol. The summed E-state index contributed by atoms with van der Waals surface area (Å²) in [5.74, 6) is 0.230. The van der Waals surface area contributed by atoms with Gasteiger partial charge >= 0.3 is 0 Å². The molecule has 0 fully saturated rings. The van der Waals surface area contributed by atoms with E-state index in [1.807, 2.05) is 36.4 Å². The summed E-state index contributed by atoms with van der Waals surface area (Å²) in [6.45, 7) is 1.61. The molecule has 0 heterocycles. The average molecular weight is 354 g/mol. The minimum absolute atomic E-state index is 0.103. The van der Waals surface area contributed by atoms with Crippen LogP contribution in [0.2, 0.25) is 0 Å². The topological polar surface area (TPSA) is 38.3 Å². The molecule has 0 aliphatic rings. The van der Waals surface area contributed by atoms with E-state index in [1.165, 1.54) is 24.0 Å². The van der Waals surface area contributed by atoms with Crippen molar-refractivity contribution < 1.29 is 9.53 Å². The van der Waals surface area contributed by atoms with Crippen LogP contribution in [0.5, 0.6) is 0 Å². The summed E-state index contributed by atoms with van der Waals surface area (Å²) in [5, 5.41) is 3.09. The molecule has 3 nitrogen and oxygen atoms in total. The van der Waals surface area contributed by atoms with E-state index in [4.69, 9.17) is 4.74 Å². The van der Waals surface area contributed by atoms with Crippen molar-refractivity contribution in [3.05, 3.63) is 71.8 Å². The van der Waals surface area contributed by atoms with Gasteiger partial charge in [-0.2, -0.15) is 0 Å². The highest BCUT2D eigenvalue weighted by molar-refractivity contribution is 5.77. The van der Waals surface area contributed by atoms with Gasteiger partial charge in [-0.1, -0.05) is 79.9 Å². The predicted octanol–water partition coefficient (Wildman–Crippen LogP) is 4.92. The molecule has 2 aromatic carbocycles. The van der Waals surface area contributed by atoms with Gasteiger partial charge in [0.2, 0.25) is 5.91 Å². The Balaban J connectivity index is 1.78. The molecular formula is C23H31NO2. The van der Waals surface area contributed by atoms with Gasteiger partial charge in [-0.25, -0.2) is 0 Å². The summed E-state index contributed by atoms with van der Waals surface area (Å²) in [6.07, 6.45) is 6.22. The van der Waals surface area contributed by atoms with Crippen LogP contribution in [0.25, 0.3) is 0 Å². The van der Waals surface area contributed by atoms with E-state index in [0.29, 0.717) is 6.42 Å². The van der Waals surface area contributed by atoms with E-state index in [0.717, 1.165) is 32.4 Å². The third-order valence-electron chi connectivity index (χ3n) is 4.64. The van der Waals surface area contributed by atoms with Crippen LogP contribution in [0.3, 0.4) is 0 Å². The molecular weight excluding hydrogens is 322 g/mol. The first-order chi connectivity index (χ1) is 12.8. The highest BCUT2D eigenvalue weighted by Gasteiger charge is 2.17. The second-order valence-corrected chi connectivity index (χ2v) is 6.69. The van der Waals surface area contributed by atoms with Gasteiger partial charge in [0.05, 0.1) is 0 Å². The third kappa shape index (κ3) is 7.40. The first-order valence-corrected chi connectivity index (χ1v) is 9.67. The number of ether oxygens (including phenoxy) is 1. The normalized spacial score (nSPS) is 10.8. The smallest absolute Gasteiger partial charge is 0.220 e. The lowest BCUT2D eigenvalue weighted by atomic mass is 9.88. The molecule has 0 unspecified atom stereocenters. The highest BCUT2D eigenvalue weighted by atomic mass is 16.5. The van der Waals surface area contributed by atoms with Crippen molar-refractivity contribution in [2.24, 2.45) is 0 Å². The van der Waals surface area contributed by atoms with Crippen molar-refractivity contribution in [2.75, 3.05) is 20.3 Å². The van der Waals surface area contributed by atoms with Crippen LogP contribution in [-0.2, 0) is 9.53 Å². The standard InChI is InChI=1S/C23H31NO2/c1-26-18-12-4-2-3-11-17-24-23(25)19-22(20-13-7-5-8-14-20)21-15-9-6-10-16-21/h5-10,13-16,22H,2-4,11-12,17-19H2,1H3,(H,24,25). The van der Waals surface area contributed by atoms with Crippen LogP contribution in [-0.4, -0.2) is 26.2 Å². The molecule has 0 spiro atoms. The van der Waals surface area contributed by atoms with Crippen molar-refractivity contribution in [2.45, 2.75) is 44.4 Å². The molecule has 0 saturated carbocycles. The van der Waals surface area contributed by atoms with Crippen molar-refractivity contribution in [3.8, 4) is 0 Å². The number of nitrogens with one attached hydrogen (secondary N) is 1. The molecule has 1 N–H and O–H groups in total. The number of carbonyl (C=O) groups excluding carboxylic acids is 1. The van der Waals surface area contributed by atoms with E-state index in [9.17, 15) is 4.79 Å². The van der Waals surface area contributed by atoms with Crippen LogP contribution in [0.1, 0.15) is 55.6 Å². The molecule has 0 radical (unpaired) electrons. The first kappa shape index (κ1) is 20.2. The van der Waals surface area contributed by atoms with Gasteiger partial charge in [0, 0.05) is 32.6 Å². The van der Waals surface area contributed by atoms with Gasteiger partial charge in [-0.15, -0.1) is 0 Å². The lowest BCUT2D eigenvalue weighted by Crippen LogP contribution is -2.26. The molecule has 26 heavy (non-hydrogen) atoms. The first-order valence-electron chi connectivity index (χ1n) is 9.67. The van der Waals surface area contributed by atoms with Crippen LogP contribution in [0.4, 0.5) is 0 Å². The molecule has 0 aromatic heterocycles. The average Bonchev–Trinajstić information content (AvgIpc) is 2.69. The second-order valence-electron chi connectivity index (χ2n) is 6.69. The molecule has 2 aromatic rings. The maximum Gasteiger partial charge on any atom is 0.220 e. The van der Waals surface area contributed by atoms with Gasteiger partial charge < -0.3 is 10.1 Å². The number of hydrogen-bond donors (Lipinski definition) is 1. The molecule has 2 rings (SSSR count). The van der Waals surface area contributed by atoms with Crippen molar-refractivity contribution in [3.63, 3.8) is 0 Å². The van der Waals surface area contributed by atoms with Gasteiger partial charge in [0.15, 0.2) is 0 Å². The minimum Gasteiger partial charge on any atom is -0.385 e. The van der Waals surface area contributed by atoms with Crippen LogP contribution in [0, 0.1) is 0 Å². The molecule has 1 amide bonds. The minimum atomic E-state index is 0.103. The van der Waals surface area contributed by atoms with Crippen LogP contribution < -0.4 is 5.32 Å². The second kappa shape index (κ2) is 12.3. The summed E-state index contributed by atoms with van der Waals surface area (Å²) >= 11 is 0. The van der Waals surface area contributed by atoms with Crippen LogP contribution >= 0.6 is 0 Å². The summed E-state index contributed by atoms with van der Waals surface area (Å²) in [5.41, 5.74) is 2.37. The van der Waals surface area contributed by atoms with E-state index in [2.05, 4.69) is 29.6 Å². The zero-order chi connectivity index (χ0) is 18.5. The van der Waals surface area contributed by atoms with E-state index in [-0.39, 0.29) is 11.8 Å². The Kier molecular flexibility index (Phi) is 9.52. The van der Waals surface area contributed by atoms with Gasteiger partial charge in [0.1, 0.15) is 0 Å². The molecule has 0 atom stereocenters. The number of amides is 1. The van der Waals surface area contributed by atoms with E-state index >= 15 is 0 Å². The highest BCUT2D eigenvalue weighted by Crippen LogP contribution is 2.27. The molecule has 3 heteroatoms. The SMILES string of the molecule is COCCCCCCCNC(=O)CC(c1ccccc1)c1ccccc1. The Labute approximate surface area is 157 Å². The Morgan fingerprint density at radius 1 is 0.846 bits per heavy atom. The molecule has 0 bridgehead atoms. The Hall–Kier alpha value is -2.13. The van der Waals surface area contributed by atoms with Crippen molar-refractivity contribution >= 4 is 5.91 Å². The van der Waals surface area contributed by atoms with Crippen LogP contribution in [0.15, 0.2) is 60.7 Å². The summed E-state index contributed by atoms with van der Waals surface area (Å²) in [4.78, 5) is 12.4. The third-order valence-corrected chi connectivity index (χ3v) is 4.64. The quantitative estimate of drug-likeness (QED) is 0.550. The summed E-state index contributed by atoms with van der Waals surface area (Å²) in [7, 11) is 1.74. The largest absolute Gasteiger partial charge is 0.385 e. The van der Waals surface area contributed by atoms with E-state index in [1.54, 1.807) is 7.11 Å². The molecule has 140 valence electrons.